The number of amides is 1. The molecule has 0 bridgehead atoms. The Bertz CT molecular complexity index is 1320. The van der Waals surface area contributed by atoms with Crippen LogP contribution in [0, 0.1) is 5.41 Å². The highest BCUT2D eigenvalue weighted by atomic mass is 79.9. The van der Waals surface area contributed by atoms with Gasteiger partial charge in [0, 0.05) is 21.3 Å². The molecule has 0 spiro atoms. The molecule has 8 nitrogen and oxygen atoms in total. The number of benzene rings is 3. The standard InChI is InChI=1S/C22H18BrN3O5S/c1-32(29,30)31-22(28)18-5-3-2-4-16(18)17-11-8-14(23)12-19(17)21(27)26-15-9-6-13(7-10-15)20(24)25/h2-12H,1H3,(H3,24,25)(H,26,27). The lowest BCUT2D eigenvalue weighted by Crippen LogP contribution is -2.16. The van der Waals surface area contributed by atoms with E-state index in [2.05, 4.69) is 25.4 Å². The number of hydrogen-bond donors (Lipinski definition) is 3. The smallest absolute Gasteiger partial charge is 0.354 e. The summed E-state index contributed by atoms with van der Waals surface area (Å²) in [7, 11) is -4.01. The van der Waals surface area contributed by atoms with Crippen LogP contribution in [0.25, 0.3) is 11.1 Å². The number of rotatable bonds is 6. The highest BCUT2D eigenvalue weighted by Crippen LogP contribution is 2.31. The molecule has 3 rings (SSSR count). The van der Waals surface area contributed by atoms with E-state index in [9.17, 15) is 18.0 Å². The minimum Gasteiger partial charge on any atom is -0.384 e. The molecule has 0 radical (unpaired) electrons. The summed E-state index contributed by atoms with van der Waals surface area (Å²) in [6.07, 6.45) is 0.781. The van der Waals surface area contributed by atoms with Gasteiger partial charge in [0.2, 0.25) is 0 Å². The Morgan fingerprint density at radius 1 is 0.969 bits per heavy atom. The topological polar surface area (TPSA) is 139 Å². The zero-order valence-electron chi connectivity index (χ0n) is 16.8. The third-order valence-electron chi connectivity index (χ3n) is 4.34. The molecule has 0 aliphatic carbocycles. The van der Waals surface area contributed by atoms with E-state index < -0.39 is 22.0 Å². The molecule has 3 aromatic rings. The molecule has 0 saturated carbocycles. The Morgan fingerprint density at radius 3 is 2.22 bits per heavy atom. The first-order valence-corrected chi connectivity index (χ1v) is 11.7. The zero-order valence-corrected chi connectivity index (χ0v) is 19.2. The van der Waals surface area contributed by atoms with Gasteiger partial charge in [-0.3, -0.25) is 10.2 Å². The molecule has 1 amide bonds. The third kappa shape index (κ3) is 5.59. The van der Waals surface area contributed by atoms with Gasteiger partial charge < -0.3 is 15.2 Å². The van der Waals surface area contributed by atoms with Crippen molar-refractivity contribution < 1.29 is 22.2 Å². The van der Waals surface area contributed by atoms with Crippen LogP contribution in [-0.4, -0.2) is 32.4 Å². The number of nitrogen functional groups attached to an aromatic ring is 1. The van der Waals surface area contributed by atoms with Crippen LogP contribution in [0.15, 0.2) is 71.2 Å². The number of halogens is 1. The first-order chi connectivity index (χ1) is 15.0. The first kappa shape index (κ1) is 23.2. The molecule has 32 heavy (non-hydrogen) atoms. The summed E-state index contributed by atoms with van der Waals surface area (Å²) in [6, 6.07) is 17.6. The van der Waals surface area contributed by atoms with Crippen LogP contribution in [0.5, 0.6) is 0 Å². The number of nitrogens with two attached hydrogens (primary N) is 1. The van der Waals surface area contributed by atoms with Crippen molar-refractivity contribution in [3.05, 3.63) is 87.9 Å². The second kappa shape index (κ2) is 9.33. The number of hydrogen-bond acceptors (Lipinski definition) is 6. The largest absolute Gasteiger partial charge is 0.384 e. The number of amidine groups is 1. The van der Waals surface area contributed by atoms with E-state index in [1.165, 1.54) is 6.07 Å². The Balaban J connectivity index is 2.01. The van der Waals surface area contributed by atoms with Crippen LogP contribution in [0.4, 0.5) is 5.69 Å². The Kier molecular flexibility index (Phi) is 6.75. The molecule has 0 aromatic heterocycles. The van der Waals surface area contributed by atoms with Crippen molar-refractivity contribution in [2.75, 3.05) is 11.6 Å². The molecule has 3 aromatic carbocycles. The van der Waals surface area contributed by atoms with Crippen molar-refractivity contribution >= 4 is 49.4 Å². The van der Waals surface area contributed by atoms with Crippen molar-refractivity contribution in [3.63, 3.8) is 0 Å². The number of carbonyl (C=O) groups excluding carboxylic acids is 2. The predicted octanol–water partition coefficient (Wildman–Crippen LogP) is 3.77. The monoisotopic (exact) mass is 515 g/mol. The lowest BCUT2D eigenvalue weighted by atomic mass is 9.95. The van der Waals surface area contributed by atoms with Gasteiger partial charge in [-0.05, 0) is 53.6 Å². The van der Waals surface area contributed by atoms with Crippen molar-refractivity contribution in [1.82, 2.24) is 0 Å². The second-order valence-electron chi connectivity index (χ2n) is 6.76. The molecule has 0 fully saturated rings. The van der Waals surface area contributed by atoms with Crippen molar-refractivity contribution in [2.24, 2.45) is 5.73 Å². The van der Waals surface area contributed by atoms with Crippen LogP contribution < -0.4 is 11.1 Å². The van der Waals surface area contributed by atoms with Crippen LogP contribution in [-0.2, 0) is 14.3 Å². The van der Waals surface area contributed by atoms with Gasteiger partial charge in [0.05, 0.1) is 11.8 Å². The molecule has 0 heterocycles. The van der Waals surface area contributed by atoms with Crippen molar-refractivity contribution in [2.45, 2.75) is 0 Å². The molecular formula is C22H18BrN3O5S. The maximum absolute atomic E-state index is 13.1. The van der Waals surface area contributed by atoms with E-state index in [0.717, 1.165) is 6.26 Å². The third-order valence-corrected chi connectivity index (χ3v) is 5.29. The van der Waals surface area contributed by atoms with E-state index in [-0.39, 0.29) is 17.0 Å². The SMILES string of the molecule is CS(=O)(=O)OC(=O)c1ccccc1-c1ccc(Br)cc1C(=O)Nc1ccc(C(=N)N)cc1. The van der Waals surface area contributed by atoms with Crippen LogP contribution in [0.3, 0.4) is 0 Å². The summed E-state index contributed by atoms with van der Waals surface area (Å²) in [4.78, 5) is 25.5. The zero-order chi connectivity index (χ0) is 23.5. The van der Waals surface area contributed by atoms with Gasteiger partial charge in [0.15, 0.2) is 0 Å². The average molecular weight is 516 g/mol. The van der Waals surface area contributed by atoms with Gasteiger partial charge in [-0.2, -0.15) is 8.42 Å². The van der Waals surface area contributed by atoms with Gasteiger partial charge in [0.25, 0.3) is 5.91 Å². The number of anilines is 1. The fourth-order valence-electron chi connectivity index (χ4n) is 2.95. The van der Waals surface area contributed by atoms with E-state index in [1.807, 2.05) is 0 Å². The summed E-state index contributed by atoms with van der Waals surface area (Å²) in [5.41, 5.74) is 7.44. The van der Waals surface area contributed by atoms with Crippen LogP contribution in [0.2, 0.25) is 0 Å². The van der Waals surface area contributed by atoms with Crippen LogP contribution >= 0.6 is 15.9 Å². The highest BCUT2D eigenvalue weighted by Gasteiger charge is 2.22. The minimum absolute atomic E-state index is 0.000101. The molecule has 0 saturated heterocycles. The highest BCUT2D eigenvalue weighted by molar-refractivity contribution is 9.10. The normalized spacial score (nSPS) is 10.9. The Hall–Kier alpha value is -3.50. The molecular weight excluding hydrogens is 498 g/mol. The number of carbonyl (C=O) groups is 2. The molecule has 164 valence electrons. The average Bonchev–Trinajstić information content (AvgIpc) is 2.73. The van der Waals surface area contributed by atoms with E-state index in [1.54, 1.807) is 60.7 Å². The van der Waals surface area contributed by atoms with Crippen LogP contribution in [0.1, 0.15) is 26.3 Å². The summed E-state index contributed by atoms with van der Waals surface area (Å²) in [5, 5.41) is 10.2. The lowest BCUT2D eigenvalue weighted by molar-refractivity contribution is 0.0748. The molecule has 0 aliphatic rings. The summed E-state index contributed by atoms with van der Waals surface area (Å²) < 4.78 is 28.0. The summed E-state index contributed by atoms with van der Waals surface area (Å²) in [5.74, 6) is -1.59. The second-order valence-corrected chi connectivity index (χ2v) is 9.25. The van der Waals surface area contributed by atoms with Gasteiger partial charge >= 0.3 is 16.1 Å². The van der Waals surface area contributed by atoms with E-state index in [0.29, 0.717) is 26.9 Å². The quantitative estimate of drug-likeness (QED) is 0.259. The van der Waals surface area contributed by atoms with E-state index in [4.69, 9.17) is 11.1 Å². The first-order valence-electron chi connectivity index (χ1n) is 9.14. The predicted molar refractivity (Wildman–Crippen MR) is 125 cm³/mol. The number of nitrogens with one attached hydrogen (secondary N) is 2. The van der Waals surface area contributed by atoms with E-state index >= 15 is 0 Å². The fourth-order valence-corrected chi connectivity index (χ4v) is 3.67. The molecule has 0 unspecified atom stereocenters. The van der Waals surface area contributed by atoms with Crippen molar-refractivity contribution in [3.8, 4) is 11.1 Å². The maximum atomic E-state index is 13.1. The lowest BCUT2D eigenvalue weighted by Gasteiger charge is -2.14. The maximum Gasteiger partial charge on any atom is 0.354 e. The minimum atomic E-state index is -4.01. The Labute approximate surface area is 193 Å². The van der Waals surface area contributed by atoms with Gasteiger partial charge in [-0.1, -0.05) is 40.2 Å². The summed E-state index contributed by atoms with van der Waals surface area (Å²) in [6.45, 7) is 0. The van der Waals surface area contributed by atoms with Gasteiger partial charge in [-0.15, -0.1) is 0 Å². The fraction of sp³-hybridized carbons (Fsp3) is 0.0455. The molecule has 4 N–H and O–H groups in total. The van der Waals surface area contributed by atoms with Crippen molar-refractivity contribution in [1.29, 1.82) is 5.41 Å². The Morgan fingerprint density at radius 2 is 1.59 bits per heavy atom. The van der Waals surface area contributed by atoms with Gasteiger partial charge in [-0.25, -0.2) is 4.79 Å². The molecule has 0 aliphatic heterocycles. The van der Waals surface area contributed by atoms with Gasteiger partial charge in [0.1, 0.15) is 5.84 Å². The molecule has 0 atom stereocenters. The molecule has 10 heteroatoms. The summed E-state index contributed by atoms with van der Waals surface area (Å²) >= 11 is 3.35.